The Kier molecular flexibility index (Phi) is 9.43. The summed E-state index contributed by atoms with van der Waals surface area (Å²) >= 11 is 4.02. The molecule has 0 heterocycles. The van der Waals surface area contributed by atoms with Crippen LogP contribution >= 0.6 is 38.5 Å². The van der Waals surface area contributed by atoms with E-state index in [4.69, 9.17) is 10.0 Å². The first-order valence-corrected chi connectivity index (χ1v) is 4.39. The average molecular weight is 345 g/mol. The largest absolute Gasteiger partial charge is 1.00 e. The van der Waals surface area contributed by atoms with Gasteiger partial charge in [0.05, 0.1) is 0 Å². The summed E-state index contributed by atoms with van der Waals surface area (Å²) in [4.78, 5) is 21.0. The molecular formula is C3H4BBrILiO5. The van der Waals surface area contributed by atoms with Crippen molar-refractivity contribution in [3.8, 4) is 0 Å². The summed E-state index contributed by atoms with van der Waals surface area (Å²) in [5.41, 5.74) is 0. The summed E-state index contributed by atoms with van der Waals surface area (Å²) in [6.45, 7) is 0. The molecule has 0 aliphatic heterocycles. The minimum Gasteiger partial charge on any atom is -1.00 e. The molecule has 9 heteroatoms. The van der Waals surface area contributed by atoms with Crippen LogP contribution in [0.4, 0.5) is 0 Å². The van der Waals surface area contributed by atoms with Gasteiger partial charge in [0.25, 0.3) is 0 Å². The van der Waals surface area contributed by atoms with Crippen molar-refractivity contribution in [2.45, 2.75) is 3.92 Å². The standard InChI is InChI=1S/C3H3BBrIO5.Li.H/c5-2(7)1(6)3(8)11-4(9)10;;/h1,9-10H;;/q;+1;-1. The summed E-state index contributed by atoms with van der Waals surface area (Å²) < 4.78 is 2.25. The first-order valence-electron chi connectivity index (χ1n) is 2.35. The molecule has 0 bridgehead atoms. The quantitative estimate of drug-likeness (QED) is 0.181. The Morgan fingerprint density at radius 3 is 2.25 bits per heavy atom. The van der Waals surface area contributed by atoms with E-state index in [0.29, 0.717) is 0 Å². The number of alkyl halides is 1. The van der Waals surface area contributed by atoms with Crippen LogP contribution < -0.4 is 18.9 Å². The number of hydrogen-bond donors (Lipinski definition) is 2. The van der Waals surface area contributed by atoms with Crippen LogP contribution in [0.25, 0.3) is 0 Å². The zero-order valence-electron chi connectivity index (χ0n) is 7.03. The van der Waals surface area contributed by atoms with Gasteiger partial charge in [-0.15, -0.1) is 0 Å². The topological polar surface area (TPSA) is 83.8 Å². The Hall–Kier alpha value is 0.932. The van der Waals surface area contributed by atoms with Gasteiger partial charge >= 0.3 is 32.2 Å². The molecule has 0 fully saturated rings. The van der Waals surface area contributed by atoms with E-state index >= 15 is 0 Å². The minimum absolute atomic E-state index is 0. The normalized spacial score (nSPS) is 11.0. The van der Waals surface area contributed by atoms with Crippen LogP contribution in [0.2, 0.25) is 0 Å². The number of rotatable bonds is 3. The van der Waals surface area contributed by atoms with Gasteiger partial charge in [0.15, 0.2) is 3.92 Å². The molecule has 0 aromatic heterocycles. The van der Waals surface area contributed by atoms with Crippen molar-refractivity contribution >= 4 is 56.5 Å². The van der Waals surface area contributed by atoms with E-state index in [0.717, 1.165) is 0 Å². The van der Waals surface area contributed by atoms with Gasteiger partial charge < -0.3 is 16.1 Å². The van der Waals surface area contributed by atoms with Crippen molar-refractivity contribution in [1.29, 1.82) is 0 Å². The SMILES string of the molecule is O=C(Br)C(I)C(=O)OB(O)O.[H-].[Li+]. The Bertz CT molecular complexity index is 183. The predicted octanol–water partition coefficient (Wildman–Crippen LogP) is -3.66. The summed E-state index contributed by atoms with van der Waals surface area (Å²) in [5.74, 6) is -0.998. The maximum absolute atomic E-state index is 10.6. The molecule has 0 aromatic carbocycles. The maximum Gasteiger partial charge on any atom is 1.00 e. The number of carbonyl (C=O) groups excluding carboxylic acids is 2. The van der Waals surface area contributed by atoms with Crippen molar-refractivity contribution in [3.05, 3.63) is 0 Å². The van der Waals surface area contributed by atoms with Gasteiger partial charge in [-0.3, -0.25) is 9.59 Å². The minimum atomic E-state index is -2.17. The second-order valence-corrected chi connectivity index (χ2v) is 3.46. The summed E-state index contributed by atoms with van der Waals surface area (Å²) in [6.07, 6.45) is 0. The fourth-order valence-electron chi connectivity index (χ4n) is 0.256. The number of carbonyl (C=O) groups is 2. The molecule has 0 saturated carbocycles. The molecule has 5 nitrogen and oxygen atoms in total. The van der Waals surface area contributed by atoms with Gasteiger partial charge in [-0.25, -0.2) is 0 Å². The average Bonchev–Trinajstić information content (AvgIpc) is 1.84. The van der Waals surface area contributed by atoms with Crippen LogP contribution in [0.15, 0.2) is 0 Å². The summed E-state index contributed by atoms with van der Waals surface area (Å²) in [5, 5.41) is 16.3. The second-order valence-electron chi connectivity index (χ2n) is 1.43. The smallest absolute Gasteiger partial charge is 1.00 e. The van der Waals surface area contributed by atoms with Crippen LogP contribution in [-0.4, -0.2) is 32.0 Å². The van der Waals surface area contributed by atoms with Gasteiger partial charge in [0.2, 0.25) is 4.69 Å². The first-order chi connectivity index (χ1) is 4.95. The molecule has 0 radical (unpaired) electrons. The zero-order chi connectivity index (χ0) is 9.02. The summed E-state index contributed by atoms with van der Waals surface area (Å²) in [6, 6.07) is 0. The molecule has 1 atom stereocenters. The van der Waals surface area contributed by atoms with Crippen LogP contribution in [0.1, 0.15) is 1.43 Å². The maximum atomic E-state index is 10.6. The number of hydrogen-bond acceptors (Lipinski definition) is 5. The van der Waals surface area contributed by atoms with Crippen molar-refractivity contribution < 1.29 is 44.6 Å². The predicted molar refractivity (Wildman–Crippen MR) is 49.1 cm³/mol. The molecule has 0 aromatic rings. The van der Waals surface area contributed by atoms with Crippen LogP contribution in [0.5, 0.6) is 0 Å². The third-order valence-electron chi connectivity index (χ3n) is 0.628. The van der Waals surface area contributed by atoms with Crippen LogP contribution in [0, 0.1) is 0 Å². The van der Waals surface area contributed by atoms with Gasteiger partial charge in [0.1, 0.15) is 0 Å². The molecule has 12 heavy (non-hydrogen) atoms. The van der Waals surface area contributed by atoms with E-state index < -0.39 is 21.9 Å². The molecule has 1 unspecified atom stereocenters. The van der Waals surface area contributed by atoms with Crippen molar-refractivity contribution in [3.63, 3.8) is 0 Å². The molecular weight excluding hydrogens is 341 g/mol. The van der Waals surface area contributed by atoms with Gasteiger partial charge in [-0.05, 0) is 15.9 Å². The Labute approximate surface area is 104 Å². The third kappa shape index (κ3) is 6.45. The molecule has 0 aliphatic rings. The van der Waals surface area contributed by atoms with E-state index in [2.05, 4.69) is 20.6 Å². The summed E-state index contributed by atoms with van der Waals surface area (Å²) in [7, 11) is -2.17. The molecule has 2 N–H and O–H groups in total. The van der Waals surface area contributed by atoms with E-state index in [-0.39, 0.29) is 20.3 Å². The molecule has 0 rings (SSSR count). The Balaban J connectivity index is -0.000000500. The van der Waals surface area contributed by atoms with Crippen LogP contribution in [-0.2, 0) is 14.2 Å². The van der Waals surface area contributed by atoms with Crippen molar-refractivity contribution in [2.75, 3.05) is 0 Å². The Morgan fingerprint density at radius 1 is 1.58 bits per heavy atom. The molecule has 0 spiro atoms. The first kappa shape index (κ1) is 15.4. The molecule has 64 valence electrons. The van der Waals surface area contributed by atoms with Gasteiger partial charge in [-0.1, -0.05) is 22.6 Å². The third-order valence-corrected chi connectivity index (χ3v) is 3.02. The Morgan fingerprint density at radius 2 is 2.00 bits per heavy atom. The van der Waals surface area contributed by atoms with Crippen molar-refractivity contribution in [2.24, 2.45) is 0 Å². The zero-order valence-corrected chi connectivity index (χ0v) is 9.77. The monoisotopic (exact) mass is 344 g/mol. The molecule has 0 aliphatic carbocycles. The fourth-order valence-corrected chi connectivity index (χ4v) is 0.590. The van der Waals surface area contributed by atoms with E-state index in [1.165, 1.54) is 22.6 Å². The fraction of sp³-hybridized carbons (Fsp3) is 0.333. The molecule has 0 saturated heterocycles. The van der Waals surface area contributed by atoms with E-state index in [1.54, 1.807) is 0 Å². The van der Waals surface area contributed by atoms with E-state index in [9.17, 15) is 9.59 Å². The molecule has 0 amide bonds. The van der Waals surface area contributed by atoms with Crippen molar-refractivity contribution in [1.82, 2.24) is 0 Å². The van der Waals surface area contributed by atoms with Crippen LogP contribution in [0.3, 0.4) is 0 Å². The van der Waals surface area contributed by atoms with E-state index in [1.807, 2.05) is 0 Å². The van der Waals surface area contributed by atoms with Gasteiger partial charge in [-0.2, -0.15) is 0 Å². The van der Waals surface area contributed by atoms with Gasteiger partial charge in [0, 0.05) is 0 Å². The number of halogens is 2. The second kappa shape index (κ2) is 7.35.